The van der Waals surface area contributed by atoms with E-state index in [1.165, 1.54) is 5.56 Å². The van der Waals surface area contributed by atoms with Crippen LogP contribution < -0.4 is 10.6 Å². The number of piperidine rings is 1. The average Bonchev–Trinajstić information content (AvgIpc) is 2.38. The molecule has 2 N–H and O–H groups in total. The molecular weight excluding hydrogens is 260 g/mol. The molecule has 1 aliphatic heterocycles. The first-order chi connectivity index (χ1) is 8.60. The lowest BCUT2D eigenvalue weighted by Gasteiger charge is -2.32. The maximum Gasteiger partial charge on any atom is 0.227 e. The van der Waals surface area contributed by atoms with E-state index in [9.17, 15) is 4.79 Å². The van der Waals surface area contributed by atoms with Crippen LogP contribution in [0.25, 0.3) is 0 Å². The minimum atomic E-state index is -0.247. The van der Waals surface area contributed by atoms with Gasteiger partial charge in [-0.3, -0.25) is 4.79 Å². The van der Waals surface area contributed by atoms with Crippen molar-refractivity contribution in [1.29, 1.82) is 0 Å². The van der Waals surface area contributed by atoms with E-state index in [1.54, 1.807) is 0 Å². The number of carbonyl (C=O) groups is 1. The zero-order chi connectivity index (χ0) is 13.0. The predicted molar refractivity (Wildman–Crippen MR) is 80.5 cm³/mol. The molecule has 1 saturated heterocycles. The van der Waals surface area contributed by atoms with Crippen molar-refractivity contribution >= 4 is 18.3 Å². The van der Waals surface area contributed by atoms with Crippen LogP contribution in [0.3, 0.4) is 0 Å². The maximum atomic E-state index is 12.2. The monoisotopic (exact) mass is 282 g/mol. The molecule has 1 aromatic rings. The largest absolute Gasteiger partial charge is 0.352 e. The molecule has 1 atom stereocenters. The van der Waals surface area contributed by atoms with E-state index < -0.39 is 0 Å². The fourth-order valence-corrected chi connectivity index (χ4v) is 2.35. The molecule has 1 aliphatic rings. The average molecular weight is 283 g/mol. The van der Waals surface area contributed by atoms with E-state index in [0.717, 1.165) is 31.5 Å². The van der Waals surface area contributed by atoms with Gasteiger partial charge in [-0.05, 0) is 38.8 Å². The van der Waals surface area contributed by atoms with E-state index >= 15 is 0 Å². The number of carbonyl (C=O) groups excluding carboxylic acids is 1. The Morgan fingerprint density at radius 2 is 2.05 bits per heavy atom. The van der Waals surface area contributed by atoms with Crippen LogP contribution >= 0.6 is 12.4 Å². The second-order valence-corrected chi connectivity index (χ2v) is 5.51. The van der Waals surface area contributed by atoms with Gasteiger partial charge in [-0.25, -0.2) is 0 Å². The summed E-state index contributed by atoms with van der Waals surface area (Å²) in [5, 5.41) is 6.35. The zero-order valence-corrected chi connectivity index (χ0v) is 12.5. The van der Waals surface area contributed by atoms with Gasteiger partial charge in [-0.2, -0.15) is 0 Å². The van der Waals surface area contributed by atoms with Gasteiger partial charge in [-0.1, -0.05) is 29.8 Å². The lowest BCUT2D eigenvalue weighted by atomic mass is 9.82. The molecule has 3 nitrogen and oxygen atoms in total. The van der Waals surface area contributed by atoms with Gasteiger partial charge in [-0.15, -0.1) is 12.4 Å². The predicted octanol–water partition coefficient (Wildman–Crippen LogP) is 2.42. The van der Waals surface area contributed by atoms with E-state index in [0.29, 0.717) is 6.54 Å². The molecule has 1 amide bonds. The lowest BCUT2D eigenvalue weighted by Crippen LogP contribution is -2.48. The van der Waals surface area contributed by atoms with E-state index in [1.807, 2.05) is 6.92 Å². The summed E-state index contributed by atoms with van der Waals surface area (Å²) in [4.78, 5) is 12.2. The minimum Gasteiger partial charge on any atom is -0.352 e. The van der Waals surface area contributed by atoms with Crippen LogP contribution in [0.15, 0.2) is 24.3 Å². The molecule has 1 unspecified atom stereocenters. The third-order valence-electron chi connectivity index (χ3n) is 3.72. The van der Waals surface area contributed by atoms with E-state index in [2.05, 4.69) is 41.8 Å². The highest BCUT2D eigenvalue weighted by molar-refractivity contribution is 5.85. The lowest BCUT2D eigenvalue weighted by molar-refractivity contribution is -0.131. The first kappa shape index (κ1) is 16.0. The van der Waals surface area contributed by atoms with Crippen molar-refractivity contribution in [3.8, 4) is 0 Å². The van der Waals surface area contributed by atoms with E-state index in [-0.39, 0.29) is 23.7 Å². The van der Waals surface area contributed by atoms with Crippen molar-refractivity contribution in [2.24, 2.45) is 5.41 Å². The first-order valence-electron chi connectivity index (χ1n) is 6.65. The minimum absolute atomic E-state index is 0. The van der Waals surface area contributed by atoms with Crippen LogP contribution in [0.4, 0.5) is 0 Å². The van der Waals surface area contributed by atoms with Crippen LogP contribution in [-0.2, 0) is 11.3 Å². The molecule has 1 fully saturated rings. The fourth-order valence-electron chi connectivity index (χ4n) is 2.35. The number of hydrogen-bond acceptors (Lipinski definition) is 2. The van der Waals surface area contributed by atoms with Crippen molar-refractivity contribution in [2.45, 2.75) is 33.2 Å². The molecule has 0 aromatic heterocycles. The molecule has 106 valence electrons. The fraction of sp³-hybridized carbons (Fsp3) is 0.533. The number of halogens is 1. The summed E-state index contributed by atoms with van der Waals surface area (Å²) in [5.74, 6) is 0.162. The maximum absolute atomic E-state index is 12.2. The highest BCUT2D eigenvalue weighted by Gasteiger charge is 2.34. The number of aryl methyl sites for hydroxylation is 1. The summed E-state index contributed by atoms with van der Waals surface area (Å²) in [5.41, 5.74) is 2.15. The second kappa shape index (κ2) is 6.92. The third kappa shape index (κ3) is 4.22. The number of hydrogen-bond donors (Lipinski definition) is 2. The summed E-state index contributed by atoms with van der Waals surface area (Å²) in [6.07, 6.45) is 2.05. The van der Waals surface area contributed by atoms with Crippen molar-refractivity contribution in [2.75, 3.05) is 13.1 Å². The van der Waals surface area contributed by atoms with Crippen molar-refractivity contribution in [1.82, 2.24) is 10.6 Å². The Balaban J connectivity index is 0.00000180. The summed E-state index contributed by atoms with van der Waals surface area (Å²) in [6.45, 7) is 6.54. The topological polar surface area (TPSA) is 41.1 Å². The smallest absolute Gasteiger partial charge is 0.227 e. The van der Waals surface area contributed by atoms with E-state index in [4.69, 9.17) is 0 Å². The summed E-state index contributed by atoms with van der Waals surface area (Å²) >= 11 is 0. The molecule has 1 heterocycles. The molecule has 4 heteroatoms. The second-order valence-electron chi connectivity index (χ2n) is 5.51. The molecule has 0 bridgehead atoms. The van der Waals surface area contributed by atoms with Crippen LogP contribution in [0, 0.1) is 12.3 Å². The Hall–Kier alpha value is -1.06. The van der Waals surface area contributed by atoms with Crippen LogP contribution in [-0.4, -0.2) is 19.0 Å². The van der Waals surface area contributed by atoms with Gasteiger partial charge in [0, 0.05) is 13.1 Å². The summed E-state index contributed by atoms with van der Waals surface area (Å²) in [6, 6.07) is 8.28. The molecule has 2 rings (SSSR count). The molecule has 19 heavy (non-hydrogen) atoms. The van der Waals surface area contributed by atoms with Gasteiger partial charge in [0.15, 0.2) is 0 Å². The Morgan fingerprint density at radius 1 is 1.37 bits per heavy atom. The van der Waals surface area contributed by atoms with Gasteiger partial charge in [0.25, 0.3) is 0 Å². The Kier molecular flexibility index (Phi) is 5.83. The summed E-state index contributed by atoms with van der Waals surface area (Å²) < 4.78 is 0. The number of amides is 1. The van der Waals surface area contributed by atoms with Gasteiger partial charge in [0.05, 0.1) is 5.41 Å². The number of rotatable bonds is 3. The van der Waals surface area contributed by atoms with Crippen molar-refractivity contribution in [3.05, 3.63) is 35.4 Å². The highest BCUT2D eigenvalue weighted by atomic mass is 35.5. The van der Waals surface area contributed by atoms with Crippen molar-refractivity contribution in [3.63, 3.8) is 0 Å². The normalized spacial score (nSPS) is 22.4. The molecule has 1 aromatic carbocycles. The molecular formula is C15H23ClN2O. The first-order valence-corrected chi connectivity index (χ1v) is 6.65. The quantitative estimate of drug-likeness (QED) is 0.894. The SMILES string of the molecule is Cc1ccc(CNC(=O)C2(C)CCCNC2)cc1.Cl. The third-order valence-corrected chi connectivity index (χ3v) is 3.72. The summed E-state index contributed by atoms with van der Waals surface area (Å²) in [7, 11) is 0. The Morgan fingerprint density at radius 3 is 2.63 bits per heavy atom. The Labute approximate surface area is 121 Å². The molecule has 0 saturated carbocycles. The number of benzene rings is 1. The van der Waals surface area contributed by atoms with Crippen LogP contribution in [0.5, 0.6) is 0 Å². The highest BCUT2D eigenvalue weighted by Crippen LogP contribution is 2.25. The van der Waals surface area contributed by atoms with Gasteiger partial charge < -0.3 is 10.6 Å². The van der Waals surface area contributed by atoms with Gasteiger partial charge in [0.1, 0.15) is 0 Å². The van der Waals surface area contributed by atoms with Crippen molar-refractivity contribution < 1.29 is 4.79 Å². The Bertz CT molecular complexity index is 411. The van der Waals surface area contributed by atoms with Crippen LogP contribution in [0.2, 0.25) is 0 Å². The molecule has 0 aliphatic carbocycles. The van der Waals surface area contributed by atoms with Gasteiger partial charge in [0.2, 0.25) is 5.91 Å². The molecule has 0 spiro atoms. The number of nitrogens with one attached hydrogen (secondary N) is 2. The molecule has 0 radical (unpaired) electrons. The van der Waals surface area contributed by atoms with Crippen LogP contribution in [0.1, 0.15) is 30.9 Å². The van der Waals surface area contributed by atoms with Gasteiger partial charge >= 0.3 is 0 Å². The standard InChI is InChI=1S/C15H22N2O.ClH/c1-12-4-6-13(7-5-12)10-17-14(18)15(2)8-3-9-16-11-15;/h4-7,16H,3,8-11H2,1-2H3,(H,17,18);1H. The zero-order valence-electron chi connectivity index (χ0n) is 11.7.